The van der Waals surface area contributed by atoms with E-state index in [-0.39, 0.29) is 12.4 Å². The second-order valence-electron chi connectivity index (χ2n) is 6.51. The summed E-state index contributed by atoms with van der Waals surface area (Å²) in [6.45, 7) is 3.25. The Balaban J connectivity index is 0.00000135. The SMILES string of the molecule is Cl.c1ccc2ncc(-c3cc4n(n3)CCC43CCNC3)cc2c1. The third-order valence-electron chi connectivity index (χ3n) is 5.26. The lowest BCUT2D eigenvalue weighted by atomic mass is 9.82. The highest BCUT2D eigenvalue weighted by molar-refractivity contribution is 5.85. The second kappa shape index (κ2) is 5.32. The van der Waals surface area contributed by atoms with E-state index in [9.17, 15) is 0 Å². The molecule has 1 unspecified atom stereocenters. The zero-order chi connectivity index (χ0) is 14.6. The fraction of sp³-hybridized carbons (Fsp3) is 0.333. The summed E-state index contributed by atoms with van der Waals surface area (Å²) in [4.78, 5) is 4.57. The zero-order valence-corrected chi connectivity index (χ0v) is 13.6. The molecule has 4 heterocycles. The number of fused-ring (bicyclic) bond motifs is 3. The first-order chi connectivity index (χ1) is 10.8. The molecule has 5 rings (SSSR count). The minimum absolute atomic E-state index is 0. The number of nitrogens with zero attached hydrogens (tertiary/aromatic N) is 3. The van der Waals surface area contributed by atoms with Gasteiger partial charge in [-0.3, -0.25) is 9.67 Å². The highest BCUT2D eigenvalue weighted by atomic mass is 35.5. The Morgan fingerprint density at radius 1 is 1.13 bits per heavy atom. The first kappa shape index (κ1) is 14.7. The van der Waals surface area contributed by atoms with E-state index in [1.165, 1.54) is 23.9 Å². The van der Waals surface area contributed by atoms with Crippen LogP contribution in [-0.2, 0) is 12.0 Å². The van der Waals surface area contributed by atoms with Crippen molar-refractivity contribution in [2.45, 2.75) is 24.8 Å². The maximum atomic E-state index is 4.84. The van der Waals surface area contributed by atoms with Gasteiger partial charge >= 0.3 is 0 Å². The minimum atomic E-state index is 0. The Hall–Kier alpha value is -1.91. The molecule has 4 nitrogen and oxygen atoms in total. The molecule has 1 spiro atoms. The van der Waals surface area contributed by atoms with Gasteiger partial charge in [0.15, 0.2) is 0 Å². The van der Waals surface area contributed by atoms with Crippen LogP contribution in [0.1, 0.15) is 18.5 Å². The van der Waals surface area contributed by atoms with E-state index in [1.54, 1.807) is 0 Å². The molecule has 0 saturated carbocycles. The van der Waals surface area contributed by atoms with Crippen LogP contribution in [0, 0.1) is 0 Å². The average Bonchev–Trinajstić information content (AvgIpc) is 3.26. The van der Waals surface area contributed by atoms with E-state index in [0.717, 1.165) is 36.4 Å². The maximum Gasteiger partial charge on any atom is 0.0941 e. The van der Waals surface area contributed by atoms with Gasteiger partial charge in [-0.2, -0.15) is 5.10 Å². The van der Waals surface area contributed by atoms with E-state index in [4.69, 9.17) is 5.10 Å². The van der Waals surface area contributed by atoms with Crippen molar-refractivity contribution in [3.05, 3.63) is 48.3 Å². The van der Waals surface area contributed by atoms with Crippen LogP contribution in [-0.4, -0.2) is 27.9 Å². The molecule has 2 aliphatic heterocycles. The molecule has 1 N–H and O–H groups in total. The van der Waals surface area contributed by atoms with Gasteiger partial charge in [-0.25, -0.2) is 0 Å². The number of aryl methyl sites for hydroxylation is 1. The number of aromatic nitrogens is 3. The van der Waals surface area contributed by atoms with Gasteiger partial charge in [0.1, 0.15) is 0 Å². The Bertz CT molecular complexity index is 864. The first-order valence-corrected chi connectivity index (χ1v) is 7.98. The molecule has 118 valence electrons. The van der Waals surface area contributed by atoms with Gasteiger partial charge < -0.3 is 5.32 Å². The molecule has 0 bridgehead atoms. The normalized spacial score (nSPS) is 22.4. The van der Waals surface area contributed by atoms with Crippen molar-refractivity contribution in [1.29, 1.82) is 0 Å². The number of hydrogen-bond donors (Lipinski definition) is 1. The van der Waals surface area contributed by atoms with Gasteiger partial charge in [0, 0.05) is 41.3 Å². The fourth-order valence-electron chi connectivity index (χ4n) is 3.99. The monoisotopic (exact) mass is 326 g/mol. The van der Waals surface area contributed by atoms with Crippen LogP contribution in [0.4, 0.5) is 0 Å². The maximum absolute atomic E-state index is 4.84. The molecule has 1 atom stereocenters. The van der Waals surface area contributed by atoms with Crippen molar-refractivity contribution < 1.29 is 0 Å². The van der Waals surface area contributed by atoms with Crippen molar-refractivity contribution in [2.75, 3.05) is 13.1 Å². The van der Waals surface area contributed by atoms with Crippen LogP contribution in [0.3, 0.4) is 0 Å². The molecule has 23 heavy (non-hydrogen) atoms. The van der Waals surface area contributed by atoms with Gasteiger partial charge in [-0.05, 0) is 37.6 Å². The van der Waals surface area contributed by atoms with Crippen LogP contribution in [0.2, 0.25) is 0 Å². The van der Waals surface area contributed by atoms with E-state index in [2.05, 4.69) is 39.2 Å². The van der Waals surface area contributed by atoms with Crippen molar-refractivity contribution in [2.24, 2.45) is 0 Å². The predicted molar refractivity (Wildman–Crippen MR) is 94.0 cm³/mol. The fourth-order valence-corrected chi connectivity index (χ4v) is 3.99. The first-order valence-electron chi connectivity index (χ1n) is 7.98. The number of pyridine rings is 1. The molecule has 0 aliphatic carbocycles. The van der Waals surface area contributed by atoms with Crippen molar-refractivity contribution >= 4 is 23.3 Å². The van der Waals surface area contributed by atoms with Crippen molar-refractivity contribution in [3.8, 4) is 11.3 Å². The Morgan fingerprint density at radius 3 is 2.91 bits per heavy atom. The highest BCUT2D eigenvalue weighted by Crippen LogP contribution is 2.41. The number of benzene rings is 1. The summed E-state index contributed by atoms with van der Waals surface area (Å²) in [5.41, 5.74) is 4.92. The topological polar surface area (TPSA) is 42.7 Å². The highest BCUT2D eigenvalue weighted by Gasteiger charge is 2.42. The summed E-state index contributed by atoms with van der Waals surface area (Å²) >= 11 is 0. The summed E-state index contributed by atoms with van der Waals surface area (Å²) in [7, 11) is 0. The number of hydrogen-bond acceptors (Lipinski definition) is 3. The summed E-state index contributed by atoms with van der Waals surface area (Å²) in [5.74, 6) is 0. The van der Waals surface area contributed by atoms with Gasteiger partial charge in [0.2, 0.25) is 0 Å². The van der Waals surface area contributed by atoms with E-state index >= 15 is 0 Å². The zero-order valence-electron chi connectivity index (χ0n) is 12.8. The summed E-state index contributed by atoms with van der Waals surface area (Å²) in [6.07, 6.45) is 4.40. The van der Waals surface area contributed by atoms with Crippen LogP contribution >= 0.6 is 12.4 Å². The smallest absolute Gasteiger partial charge is 0.0941 e. The van der Waals surface area contributed by atoms with Gasteiger partial charge in [0.25, 0.3) is 0 Å². The Kier molecular flexibility index (Phi) is 3.39. The van der Waals surface area contributed by atoms with Crippen LogP contribution in [0.15, 0.2) is 42.6 Å². The number of para-hydroxylation sites is 1. The molecule has 1 saturated heterocycles. The van der Waals surface area contributed by atoms with Gasteiger partial charge in [0.05, 0.1) is 11.2 Å². The molecule has 1 fully saturated rings. The molecule has 1 aromatic carbocycles. The van der Waals surface area contributed by atoms with Crippen molar-refractivity contribution in [3.63, 3.8) is 0 Å². The molecule has 3 aromatic rings. The van der Waals surface area contributed by atoms with E-state index < -0.39 is 0 Å². The van der Waals surface area contributed by atoms with Gasteiger partial charge in [-0.1, -0.05) is 18.2 Å². The van der Waals surface area contributed by atoms with Crippen LogP contribution in [0.25, 0.3) is 22.2 Å². The Labute approximate surface area is 141 Å². The summed E-state index contributed by atoms with van der Waals surface area (Å²) in [5, 5.41) is 9.52. The quantitative estimate of drug-likeness (QED) is 0.747. The third kappa shape index (κ3) is 2.17. The lowest BCUT2D eigenvalue weighted by molar-refractivity contribution is 0.467. The molecular formula is C18H19ClN4. The molecule has 0 amide bonds. The molecular weight excluding hydrogens is 308 g/mol. The lowest BCUT2D eigenvalue weighted by Crippen LogP contribution is -2.25. The number of rotatable bonds is 1. The van der Waals surface area contributed by atoms with Crippen LogP contribution < -0.4 is 5.32 Å². The third-order valence-corrected chi connectivity index (χ3v) is 5.26. The van der Waals surface area contributed by atoms with E-state index in [1.807, 2.05) is 18.3 Å². The molecule has 0 radical (unpaired) electrons. The molecule has 2 aromatic heterocycles. The van der Waals surface area contributed by atoms with Crippen molar-refractivity contribution in [1.82, 2.24) is 20.1 Å². The predicted octanol–water partition coefficient (Wildman–Crippen LogP) is 3.15. The lowest BCUT2D eigenvalue weighted by Gasteiger charge is -2.20. The van der Waals surface area contributed by atoms with E-state index in [0.29, 0.717) is 5.41 Å². The average molecular weight is 327 g/mol. The summed E-state index contributed by atoms with van der Waals surface area (Å²) < 4.78 is 2.21. The standard InChI is InChI=1S/C18H18N4.ClH/c1-2-4-15-13(3-1)9-14(11-20-15)16-10-17-18(5-7-19-12-18)6-8-22(17)21-16;/h1-4,9-11,19H,5-8,12H2;1H. The Morgan fingerprint density at radius 2 is 2.04 bits per heavy atom. The number of nitrogens with one attached hydrogen (secondary N) is 1. The molecule has 2 aliphatic rings. The van der Waals surface area contributed by atoms with Crippen LogP contribution in [0.5, 0.6) is 0 Å². The second-order valence-corrected chi connectivity index (χ2v) is 6.51. The molecule has 5 heteroatoms. The largest absolute Gasteiger partial charge is 0.316 e. The summed E-state index contributed by atoms with van der Waals surface area (Å²) in [6, 6.07) is 12.7. The minimum Gasteiger partial charge on any atom is -0.316 e. The number of halogens is 1. The van der Waals surface area contributed by atoms with Gasteiger partial charge in [-0.15, -0.1) is 12.4 Å².